The maximum atomic E-state index is 7.50. The number of hydrazone groups is 1. The number of pyridine rings is 1. The van der Waals surface area contributed by atoms with Crippen LogP contribution in [-0.2, 0) is 0 Å². The zero-order chi connectivity index (χ0) is 21.6. The van der Waals surface area contributed by atoms with Gasteiger partial charge in [-0.2, -0.15) is 5.10 Å². The smallest absolute Gasteiger partial charge is 0.239 e. The topological polar surface area (TPSA) is 123 Å². The fraction of sp³-hybridized carbons (Fsp3) is 0.304. The van der Waals surface area contributed by atoms with Crippen LogP contribution in [0, 0.1) is 5.53 Å². The average Bonchev–Trinajstić information content (AvgIpc) is 3.36. The number of nitrogens with one attached hydrogen (secondary N) is 1. The third-order valence-corrected chi connectivity index (χ3v) is 6.58. The average molecular weight is 435 g/mol. The van der Waals surface area contributed by atoms with E-state index in [1.54, 1.807) is 11.3 Å². The number of anilines is 1. The number of rotatable bonds is 6. The summed E-state index contributed by atoms with van der Waals surface area (Å²) >= 11 is 1.63. The minimum absolute atomic E-state index is 0.0492. The zero-order valence-electron chi connectivity index (χ0n) is 17.2. The van der Waals surface area contributed by atoms with Crippen LogP contribution in [0.15, 0.2) is 64.1 Å². The fourth-order valence-corrected chi connectivity index (χ4v) is 4.79. The molecule has 2 aromatic heterocycles. The second kappa shape index (κ2) is 9.70. The number of nitrogens with two attached hydrogens (primary N) is 2. The van der Waals surface area contributed by atoms with Crippen molar-refractivity contribution >= 4 is 22.9 Å². The van der Waals surface area contributed by atoms with E-state index in [9.17, 15) is 0 Å². The maximum absolute atomic E-state index is 7.50. The minimum Gasteiger partial charge on any atom is -0.460 e. The molecule has 0 aliphatic heterocycles. The SMILES string of the molecule is N=N/C(=N\N)C(Oc1nc(-c2cccs2)cc(C2CCCCC2)c1N)c1ccccc1. The molecule has 1 saturated carbocycles. The summed E-state index contributed by atoms with van der Waals surface area (Å²) < 4.78 is 6.29. The summed E-state index contributed by atoms with van der Waals surface area (Å²) in [6, 6.07) is 15.6. The lowest BCUT2D eigenvalue weighted by Gasteiger charge is -2.26. The number of aromatic nitrogens is 1. The van der Waals surface area contributed by atoms with Gasteiger partial charge in [0.1, 0.15) is 0 Å². The van der Waals surface area contributed by atoms with E-state index in [0.29, 0.717) is 17.5 Å². The van der Waals surface area contributed by atoms with Gasteiger partial charge in [-0.15, -0.1) is 16.5 Å². The molecule has 1 fully saturated rings. The highest BCUT2D eigenvalue weighted by Gasteiger charge is 2.26. The second-order valence-corrected chi connectivity index (χ2v) is 8.58. The molecule has 1 aromatic carbocycles. The Kier molecular flexibility index (Phi) is 6.57. The first-order valence-corrected chi connectivity index (χ1v) is 11.3. The summed E-state index contributed by atoms with van der Waals surface area (Å²) in [6.45, 7) is 0. The summed E-state index contributed by atoms with van der Waals surface area (Å²) in [5.74, 6) is 6.27. The van der Waals surface area contributed by atoms with Crippen molar-refractivity contribution in [3.8, 4) is 16.5 Å². The van der Waals surface area contributed by atoms with Gasteiger partial charge >= 0.3 is 0 Å². The molecule has 0 radical (unpaired) electrons. The van der Waals surface area contributed by atoms with Crippen LogP contribution in [0.3, 0.4) is 0 Å². The Balaban J connectivity index is 1.80. The van der Waals surface area contributed by atoms with E-state index >= 15 is 0 Å². The molecule has 1 unspecified atom stereocenters. The van der Waals surface area contributed by atoms with Crippen LogP contribution in [0.2, 0.25) is 0 Å². The molecule has 1 aliphatic rings. The Labute approximate surface area is 185 Å². The van der Waals surface area contributed by atoms with Crippen molar-refractivity contribution in [2.75, 3.05) is 5.73 Å². The number of nitrogens with zero attached hydrogens (tertiary/aromatic N) is 3. The van der Waals surface area contributed by atoms with E-state index in [2.05, 4.69) is 16.3 Å². The lowest BCUT2D eigenvalue weighted by molar-refractivity contribution is 0.261. The summed E-state index contributed by atoms with van der Waals surface area (Å²) in [7, 11) is 0. The van der Waals surface area contributed by atoms with Gasteiger partial charge in [0.15, 0.2) is 6.10 Å². The molecule has 0 amide bonds. The monoisotopic (exact) mass is 434 g/mol. The summed E-state index contributed by atoms with van der Waals surface area (Å²) in [5.41, 5.74) is 17.3. The highest BCUT2D eigenvalue weighted by Crippen LogP contribution is 2.41. The van der Waals surface area contributed by atoms with Crippen molar-refractivity contribution in [2.24, 2.45) is 16.1 Å². The van der Waals surface area contributed by atoms with E-state index in [1.807, 2.05) is 47.8 Å². The molecule has 7 nitrogen and oxygen atoms in total. The summed E-state index contributed by atoms with van der Waals surface area (Å²) in [4.78, 5) is 5.80. The van der Waals surface area contributed by atoms with Gasteiger partial charge in [-0.05, 0) is 41.8 Å². The van der Waals surface area contributed by atoms with Gasteiger partial charge in [-0.3, -0.25) is 0 Å². The molecule has 0 bridgehead atoms. The number of benzene rings is 1. The van der Waals surface area contributed by atoms with Crippen LogP contribution in [0.5, 0.6) is 5.88 Å². The normalized spacial score (nSPS) is 16.1. The molecule has 1 aliphatic carbocycles. The van der Waals surface area contributed by atoms with Crippen LogP contribution < -0.4 is 16.3 Å². The number of nitrogen functional groups attached to an aromatic ring is 1. The molecule has 3 aromatic rings. The predicted molar refractivity (Wildman–Crippen MR) is 124 cm³/mol. The van der Waals surface area contributed by atoms with Gasteiger partial charge in [0.05, 0.1) is 16.3 Å². The van der Waals surface area contributed by atoms with Crippen LogP contribution in [-0.4, -0.2) is 10.8 Å². The third kappa shape index (κ3) is 4.59. The standard InChI is InChI=1S/C23H26N6OS/c24-20-17(15-8-3-1-4-9-15)14-18(19-12-7-13-31-19)27-23(20)30-21(22(28-25)29-26)16-10-5-2-6-11-16/h2,5-7,10-15,21,25H,1,3-4,8-9,24,26H2/b28-25?,29-22-. The number of hydrogen-bond donors (Lipinski definition) is 3. The predicted octanol–water partition coefficient (Wildman–Crippen LogP) is 5.86. The quantitative estimate of drug-likeness (QED) is 0.148. The Hall–Kier alpha value is -3.26. The van der Waals surface area contributed by atoms with Gasteiger partial charge in [-0.1, -0.05) is 55.7 Å². The van der Waals surface area contributed by atoms with E-state index in [0.717, 1.165) is 34.5 Å². The number of ether oxygens (including phenoxy) is 1. The van der Waals surface area contributed by atoms with Crippen molar-refractivity contribution < 1.29 is 4.74 Å². The van der Waals surface area contributed by atoms with Crippen molar-refractivity contribution in [1.82, 2.24) is 4.98 Å². The molecular formula is C23H26N6OS. The highest BCUT2D eigenvalue weighted by atomic mass is 32.1. The molecule has 2 heterocycles. The van der Waals surface area contributed by atoms with E-state index in [-0.39, 0.29) is 5.84 Å². The zero-order valence-corrected chi connectivity index (χ0v) is 18.0. The molecule has 0 saturated heterocycles. The summed E-state index contributed by atoms with van der Waals surface area (Å²) in [6.07, 6.45) is 5.10. The number of hydrogen-bond acceptors (Lipinski definition) is 7. The molecule has 8 heteroatoms. The van der Waals surface area contributed by atoms with E-state index in [1.165, 1.54) is 19.3 Å². The Morgan fingerprint density at radius 1 is 1.13 bits per heavy atom. The lowest BCUT2D eigenvalue weighted by Crippen LogP contribution is -2.20. The van der Waals surface area contributed by atoms with Crippen molar-refractivity contribution in [1.29, 1.82) is 5.53 Å². The van der Waals surface area contributed by atoms with Gasteiger partial charge in [0.2, 0.25) is 11.7 Å². The lowest BCUT2D eigenvalue weighted by atomic mass is 9.83. The largest absolute Gasteiger partial charge is 0.460 e. The van der Waals surface area contributed by atoms with E-state index in [4.69, 9.17) is 26.8 Å². The first kappa shape index (κ1) is 21.0. The Morgan fingerprint density at radius 3 is 2.55 bits per heavy atom. The fourth-order valence-electron chi connectivity index (χ4n) is 4.11. The Bertz CT molecular complexity index is 1050. The number of thiophene rings is 1. The molecule has 31 heavy (non-hydrogen) atoms. The third-order valence-electron chi connectivity index (χ3n) is 5.69. The van der Waals surface area contributed by atoms with Crippen molar-refractivity contribution in [2.45, 2.75) is 44.1 Å². The van der Waals surface area contributed by atoms with Crippen LogP contribution >= 0.6 is 11.3 Å². The molecular weight excluding hydrogens is 408 g/mol. The van der Waals surface area contributed by atoms with Crippen molar-refractivity contribution in [3.63, 3.8) is 0 Å². The van der Waals surface area contributed by atoms with Crippen LogP contribution in [0.1, 0.15) is 55.3 Å². The van der Waals surface area contributed by atoms with Crippen LogP contribution in [0.25, 0.3) is 10.6 Å². The minimum atomic E-state index is -0.781. The molecule has 5 N–H and O–H groups in total. The van der Waals surface area contributed by atoms with E-state index < -0.39 is 6.10 Å². The maximum Gasteiger partial charge on any atom is 0.239 e. The molecule has 1 atom stereocenters. The first-order valence-electron chi connectivity index (χ1n) is 10.4. The molecule has 0 spiro atoms. The Morgan fingerprint density at radius 2 is 1.90 bits per heavy atom. The first-order chi connectivity index (χ1) is 15.2. The van der Waals surface area contributed by atoms with Crippen molar-refractivity contribution in [3.05, 3.63) is 65.0 Å². The summed E-state index contributed by atoms with van der Waals surface area (Å²) in [5, 5.41) is 9.17. The highest BCUT2D eigenvalue weighted by molar-refractivity contribution is 7.13. The van der Waals surface area contributed by atoms with Crippen LogP contribution in [0.4, 0.5) is 5.69 Å². The molecule has 160 valence electrons. The van der Waals surface area contributed by atoms with Gasteiger partial charge in [-0.25, -0.2) is 10.5 Å². The molecule has 4 rings (SSSR count). The van der Waals surface area contributed by atoms with Gasteiger partial charge < -0.3 is 16.3 Å². The number of amidine groups is 1. The second-order valence-electron chi connectivity index (χ2n) is 7.64. The van der Waals surface area contributed by atoms with Gasteiger partial charge in [0, 0.05) is 5.56 Å². The van der Waals surface area contributed by atoms with Gasteiger partial charge in [0.25, 0.3) is 0 Å².